The van der Waals surface area contributed by atoms with E-state index in [9.17, 15) is 0 Å². The molecule has 0 amide bonds. The number of nitrogens with zero attached hydrogens (tertiary/aromatic N) is 2. The average molecular weight is 239 g/mol. The van der Waals surface area contributed by atoms with E-state index in [1.54, 1.807) is 22.7 Å². The van der Waals surface area contributed by atoms with E-state index in [-0.39, 0.29) is 6.04 Å². The molecule has 5 heteroatoms. The number of aryl methyl sites for hydroxylation is 2. The average Bonchev–Trinajstić information content (AvgIpc) is 2.75. The van der Waals surface area contributed by atoms with E-state index in [4.69, 9.17) is 5.73 Å². The molecule has 0 fully saturated rings. The first-order valence-electron chi connectivity index (χ1n) is 4.74. The summed E-state index contributed by atoms with van der Waals surface area (Å²) in [6.07, 6.45) is 2.67. The number of hydrogen-bond acceptors (Lipinski definition) is 5. The normalized spacial score (nSPS) is 13.0. The lowest BCUT2D eigenvalue weighted by Gasteiger charge is -2.05. The highest BCUT2D eigenvalue weighted by Crippen LogP contribution is 2.23. The van der Waals surface area contributed by atoms with Gasteiger partial charge in [0.2, 0.25) is 0 Å². The molecule has 0 saturated heterocycles. The molecule has 0 aliphatic rings. The Morgan fingerprint density at radius 1 is 1.47 bits per heavy atom. The smallest absolute Gasteiger partial charge is 0.0947 e. The molecule has 80 valence electrons. The van der Waals surface area contributed by atoms with Crippen LogP contribution in [0.1, 0.15) is 26.6 Å². The molecule has 0 spiro atoms. The third kappa shape index (κ3) is 2.62. The summed E-state index contributed by atoms with van der Waals surface area (Å²) >= 11 is 3.34. The quantitative estimate of drug-likeness (QED) is 0.895. The van der Waals surface area contributed by atoms with Gasteiger partial charge in [0.05, 0.1) is 10.0 Å². The minimum atomic E-state index is 0.0294. The van der Waals surface area contributed by atoms with Crippen molar-refractivity contribution in [1.29, 1.82) is 0 Å². The molecule has 15 heavy (non-hydrogen) atoms. The standard InChI is InChI=1S/C10H13N3S2/c1-6-5-14-10(13-6)3-8(11)9-4-12-7(2)15-9/h4-5,8H,3,11H2,1-2H3. The van der Waals surface area contributed by atoms with Gasteiger partial charge in [0, 0.05) is 34.6 Å². The van der Waals surface area contributed by atoms with Crippen molar-refractivity contribution in [3.8, 4) is 0 Å². The number of hydrogen-bond donors (Lipinski definition) is 1. The molecule has 0 saturated carbocycles. The Morgan fingerprint density at radius 2 is 2.27 bits per heavy atom. The predicted octanol–water partition coefficient (Wildman–Crippen LogP) is 2.46. The lowest BCUT2D eigenvalue weighted by Crippen LogP contribution is -2.11. The largest absolute Gasteiger partial charge is 0.323 e. The van der Waals surface area contributed by atoms with Gasteiger partial charge in [-0.25, -0.2) is 9.97 Å². The number of aromatic nitrogens is 2. The third-order valence-corrected chi connectivity index (χ3v) is 4.10. The first-order valence-corrected chi connectivity index (χ1v) is 6.43. The van der Waals surface area contributed by atoms with Crippen LogP contribution in [0.25, 0.3) is 0 Å². The third-order valence-electron chi connectivity index (χ3n) is 2.07. The van der Waals surface area contributed by atoms with Crippen molar-refractivity contribution in [2.75, 3.05) is 0 Å². The van der Waals surface area contributed by atoms with Crippen LogP contribution in [0.3, 0.4) is 0 Å². The molecule has 3 nitrogen and oxygen atoms in total. The summed E-state index contributed by atoms with van der Waals surface area (Å²) in [6.45, 7) is 4.00. The zero-order valence-corrected chi connectivity index (χ0v) is 10.4. The van der Waals surface area contributed by atoms with Crippen LogP contribution in [0.15, 0.2) is 11.6 Å². The van der Waals surface area contributed by atoms with Crippen molar-refractivity contribution < 1.29 is 0 Å². The maximum Gasteiger partial charge on any atom is 0.0947 e. The van der Waals surface area contributed by atoms with Crippen molar-refractivity contribution in [1.82, 2.24) is 9.97 Å². The number of rotatable bonds is 3. The van der Waals surface area contributed by atoms with Crippen molar-refractivity contribution in [2.24, 2.45) is 5.73 Å². The molecule has 2 rings (SSSR count). The first-order chi connectivity index (χ1) is 7.15. The fourth-order valence-electron chi connectivity index (χ4n) is 1.33. The molecule has 2 N–H and O–H groups in total. The second-order valence-electron chi connectivity index (χ2n) is 3.47. The van der Waals surface area contributed by atoms with E-state index in [0.29, 0.717) is 0 Å². The molecule has 0 aromatic carbocycles. The summed E-state index contributed by atoms with van der Waals surface area (Å²) in [7, 11) is 0. The van der Waals surface area contributed by atoms with Crippen LogP contribution in [0, 0.1) is 13.8 Å². The highest BCUT2D eigenvalue weighted by atomic mass is 32.1. The van der Waals surface area contributed by atoms with Gasteiger partial charge >= 0.3 is 0 Å². The lowest BCUT2D eigenvalue weighted by atomic mass is 10.2. The maximum atomic E-state index is 6.09. The molecule has 0 aliphatic heterocycles. The Morgan fingerprint density at radius 3 is 2.80 bits per heavy atom. The molecular formula is C10H13N3S2. The lowest BCUT2D eigenvalue weighted by molar-refractivity contribution is 0.729. The van der Waals surface area contributed by atoms with Crippen molar-refractivity contribution in [2.45, 2.75) is 26.3 Å². The fraction of sp³-hybridized carbons (Fsp3) is 0.400. The molecule has 2 aromatic heterocycles. The van der Waals surface area contributed by atoms with Crippen LogP contribution in [-0.4, -0.2) is 9.97 Å². The summed E-state index contributed by atoms with van der Waals surface area (Å²) in [5, 5.41) is 4.22. The highest BCUT2D eigenvalue weighted by molar-refractivity contribution is 7.11. The Bertz CT molecular complexity index is 447. The monoisotopic (exact) mass is 239 g/mol. The Hall–Kier alpha value is -0.780. The highest BCUT2D eigenvalue weighted by Gasteiger charge is 2.11. The summed E-state index contributed by atoms with van der Waals surface area (Å²) in [5.41, 5.74) is 7.16. The molecule has 0 aliphatic carbocycles. The van der Waals surface area contributed by atoms with Gasteiger partial charge in [-0.1, -0.05) is 0 Å². The Kier molecular flexibility index (Phi) is 3.14. The van der Waals surface area contributed by atoms with E-state index >= 15 is 0 Å². The van der Waals surface area contributed by atoms with E-state index in [1.165, 1.54) is 0 Å². The van der Waals surface area contributed by atoms with Gasteiger partial charge in [-0.3, -0.25) is 0 Å². The minimum absolute atomic E-state index is 0.0294. The summed E-state index contributed by atoms with van der Waals surface area (Å²) < 4.78 is 0. The minimum Gasteiger partial charge on any atom is -0.323 e. The predicted molar refractivity (Wildman–Crippen MR) is 64.3 cm³/mol. The molecule has 2 aromatic rings. The van der Waals surface area contributed by atoms with Crippen LogP contribution in [0.5, 0.6) is 0 Å². The second kappa shape index (κ2) is 4.38. The van der Waals surface area contributed by atoms with Crippen LogP contribution in [0.4, 0.5) is 0 Å². The maximum absolute atomic E-state index is 6.09. The molecule has 1 atom stereocenters. The van der Waals surface area contributed by atoms with Crippen LogP contribution >= 0.6 is 22.7 Å². The van der Waals surface area contributed by atoms with Gasteiger partial charge < -0.3 is 5.73 Å². The Balaban J connectivity index is 2.06. The molecular weight excluding hydrogens is 226 g/mol. The number of thiazole rings is 2. The van der Waals surface area contributed by atoms with E-state index < -0.39 is 0 Å². The SMILES string of the molecule is Cc1csc(CC(N)c2cnc(C)s2)n1. The van der Waals surface area contributed by atoms with Crippen molar-refractivity contribution >= 4 is 22.7 Å². The van der Waals surface area contributed by atoms with Gasteiger partial charge in [-0.2, -0.15) is 0 Å². The van der Waals surface area contributed by atoms with E-state index in [1.807, 2.05) is 20.0 Å². The van der Waals surface area contributed by atoms with E-state index in [2.05, 4.69) is 15.3 Å². The molecule has 0 bridgehead atoms. The molecule has 1 unspecified atom stereocenters. The van der Waals surface area contributed by atoms with Gasteiger partial charge in [0.1, 0.15) is 0 Å². The van der Waals surface area contributed by atoms with Gasteiger partial charge in [0.25, 0.3) is 0 Å². The summed E-state index contributed by atoms with van der Waals surface area (Å²) in [6, 6.07) is 0.0294. The van der Waals surface area contributed by atoms with Crippen LogP contribution in [0.2, 0.25) is 0 Å². The van der Waals surface area contributed by atoms with Crippen LogP contribution in [-0.2, 0) is 6.42 Å². The molecule has 2 heterocycles. The number of nitrogens with two attached hydrogens (primary N) is 1. The topological polar surface area (TPSA) is 51.8 Å². The first kappa shape index (κ1) is 10.7. The van der Waals surface area contributed by atoms with Gasteiger partial charge in [-0.15, -0.1) is 22.7 Å². The zero-order valence-electron chi connectivity index (χ0n) is 8.73. The summed E-state index contributed by atoms with van der Waals surface area (Å²) in [4.78, 5) is 9.75. The molecule has 0 radical (unpaired) electrons. The summed E-state index contributed by atoms with van der Waals surface area (Å²) in [5.74, 6) is 0. The second-order valence-corrected chi connectivity index (χ2v) is 5.68. The van der Waals surface area contributed by atoms with Crippen molar-refractivity contribution in [3.05, 3.63) is 32.2 Å². The van der Waals surface area contributed by atoms with Gasteiger partial charge in [-0.05, 0) is 13.8 Å². The van der Waals surface area contributed by atoms with Gasteiger partial charge in [0.15, 0.2) is 0 Å². The zero-order chi connectivity index (χ0) is 10.8. The van der Waals surface area contributed by atoms with Crippen molar-refractivity contribution in [3.63, 3.8) is 0 Å². The fourth-order valence-corrected chi connectivity index (χ4v) is 2.95. The van der Waals surface area contributed by atoms with Crippen LogP contribution < -0.4 is 5.73 Å². The Labute approximate surface area is 97.0 Å². The van der Waals surface area contributed by atoms with E-state index in [0.717, 1.165) is 27.0 Å².